The predicted molar refractivity (Wildman–Crippen MR) is 60.6 cm³/mol. The molecule has 0 bridgehead atoms. The molecule has 0 aliphatic heterocycles. The zero-order valence-electron chi connectivity index (χ0n) is 9.07. The van der Waals surface area contributed by atoms with E-state index in [4.69, 9.17) is 0 Å². The summed E-state index contributed by atoms with van der Waals surface area (Å²) < 4.78 is 0. The van der Waals surface area contributed by atoms with Crippen molar-refractivity contribution in [2.75, 3.05) is 0 Å². The van der Waals surface area contributed by atoms with Gasteiger partial charge < -0.3 is 5.32 Å². The lowest BCUT2D eigenvalue weighted by Gasteiger charge is -2.11. The lowest BCUT2D eigenvalue weighted by molar-refractivity contribution is -0.121. The highest BCUT2D eigenvalue weighted by molar-refractivity contribution is 5.77. The normalized spacial score (nSPS) is 17.1. The number of benzene rings is 1. The molecule has 0 saturated heterocycles. The van der Waals surface area contributed by atoms with Gasteiger partial charge in [-0.05, 0) is 24.3 Å². The van der Waals surface area contributed by atoms with Crippen LogP contribution in [0.15, 0.2) is 30.3 Å². The van der Waals surface area contributed by atoms with Gasteiger partial charge in [-0.1, -0.05) is 37.3 Å². The highest BCUT2D eigenvalue weighted by Gasteiger charge is 2.23. The first kappa shape index (κ1) is 10.2. The summed E-state index contributed by atoms with van der Waals surface area (Å²) in [6, 6.07) is 10.7. The van der Waals surface area contributed by atoms with Gasteiger partial charge in [0.1, 0.15) is 0 Å². The van der Waals surface area contributed by atoms with E-state index in [1.165, 1.54) is 5.56 Å². The maximum Gasteiger partial charge on any atom is 0.220 e. The second-order valence-electron chi connectivity index (χ2n) is 4.36. The number of hydrogen-bond acceptors (Lipinski definition) is 1. The summed E-state index contributed by atoms with van der Waals surface area (Å²) >= 11 is 0. The molecule has 0 radical (unpaired) electrons. The Morgan fingerprint density at radius 1 is 1.40 bits per heavy atom. The van der Waals surface area contributed by atoms with Crippen LogP contribution in [0.4, 0.5) is 0 Å². The largest absolute Gasteiger partial charge is 0.353 e. The minimum Gasteiger partial charge on any atom is -0.353 e. The third-order valence-corrected chi connectivity index (χ3v) is 2.80. The molecule has 2 rings (SSSR count). The fourth-order valence-corrected chi connectivity index (χ4v) is 1.69. The van der Waals surface area contributed by atoms with Crippen molar-refractivity contribution in [1.29, 1.82) is 0 Å². The average Bonchev–Trinajstić information content (AvgIpc) is 3.03. The summed E-state index contributed by atoms with van der Waals surface area (Å²) in [5, 5.41) is 3.02. The van der Waals surface area contributed by atoms with Crippen LogP contribution in [0.25, 0.3) is 0 Å². The Morgan fingerprint density at radius 3 is 2.67 bits per heavy atom. The summed E-state index contributed by atoms with van der Waals surface area (Å²) in [6.45, 7) is 2.10. The average molecular weight is 203 g/mol. The molecular weight excluding hydrogens is 186 g/mol. The molecule has 1 atom stereocenters. The van der Waals surface area contributed by atoms with Crippen molar-refractivity contribution in [1.82, 2.24) is 5.32 Å². The van der Waals surface area contributed by atoms with E-state index in [9.17, 15) is 4.79 Å². The molecule has 1 aromatic carbocycles. The van der Waals surface area contributed by atoms with E-state index in [0.717, 1.165) is 12.8 Å². The molecular formula is C13H17NO. The van der Waals surface area contributed by atoms with Crippen LogP contribution in [0.5, 0.6) is 0 Å². The monoisotopic (exact) mass is 203 g/mol. The minimum atomic E-state index is 0.189. The summed E-state index contributed by atoms with van der Waals surface area (Å²) in [5.74, 6) is 0.499. The zero-order chi connectivity index (χ0) is 10.7. The van der Waals surface area contributed by atoms with Crippen molar-refractivity contribution in [3.05, 3.63) is 35.9 Å². The summed E-state index contributed by atoms with van der Waals surface area (Å²) in [6.07, 6.45) is 2.91. The Morgan fingerprint density at radius 2 is 2.07 bits per heavy atom. The number of carbonyl (C=O) groups excluding carboxylic acids is 1. The lowest BCUT2D eigenvalue weighted by atomic mass is 9.98. The zero-order valence-corrected chi connectivity index (χ0v) is 9.07. The summed E-state index contributed by atoms with van der Waals surface area (Å²) in [7, 11) is 0. The van der Waals surface area contributed by atoms with Crippen LogP contribution < -0.4 is 5.32 Å². The highest BCUT2D eigenvalue weighted by Crippen LogP contribution is 2.21. The predicted octanol–water partition coefficient (Wildman–Crippen LogP) is 2.46. The minimum absolute atomic E-state index is 0.189. The van der Waals surface area contributed by atoms with Crippen molar-refractivity contribution in [2.45, 2.75) is 38.1 Å². The Labute approximate surface area is 90.7 Å². The molecule has 2 nitrogen and oxygen atoms in total. The van der Waals surface area contributed by atoms with Gasteiger partial charge in [0.15, 0.2) is 0 Å². The van der Waals surface area contributed by atoms with Crippen molar-refractivity contribution >= 4 is 5.91 Å². The summed E-state index contributed by atoms with van der Waals surface area (Å²) in [4.78, 5) is 11.6. The van der Waals surface area contributed by atoms with Gasteiger partial charge in [0, 0.05) is 12.5 Å². The van der Waals surface area contributed by atoms with E-state index < -0.39 is 0 Å². The van der Waals surface area contributed by atoms with Crippen molar-refractivity contribution < 1.29 is 4.79 Å². The van der Waals surface area contributed by atoms with Crippen molar-refractivity contribution in [3.63, 3.8) is 0 Å². The SMILES string of the molecule is C[C@@H](CC(=O)NC1CC1)c1ccccc1. The maximum absolute atomic E-state index is 11.6. The molecule has 1 aromatic rings. The molecule has 1 amide bonds. The van der Waals surface area contributed by atoms with E-state index in [1.54, 1.807) is 0 Å². The molecule has 0 unspecified atom stereocenters. The van der Waals surface area contributed by atoms with Crippen LogP contribution in [0.3, 0.4) is 0 Å². The lowest BCUT2D eigenvalue weighted by Crippen LogP contribution is -2.26. The number of rotatable bonds is 4. The number of hydrogen-bond donors (Lipinski definition) is 1. The van der Waals surface area contributed by atoms with Crippen LogP contribution in [0.2, 0.25) is 0 Å². The van der Waals surface area contributed by atoms with Crippen molar-refractivity contribution in [2.24, 2.45) is 0 Å². The Bertz CT molecular complexity index is 330. The molecule has 1 aliphatic carbocycles. The second-order valence-corrected chi connectivity index (χ2v) is 4.36. The van der Waals surface area contributed by atoms with Gasteiger partial charge >= 0.3 is 0 Å². The molecule has 1 N–H and O–H groups in total. The van der Waals surface area contributed by atoms with E-state index in [-0.39, 0.29) is 5.91 Å². The Kier molecular flexibility index (Phi) is 3.05. The van der Waals surface area contributed by atoms with Gasteiger partial charge in [-0.2, -0.15) is 0 Å². The van der Waals surface area contributed by atoms with Crippen molar-refractivity contribution in [3.8, 4) is 0 Å². The smallest absolute Gasteiger partial charge is 0.220 e. The van der Waals surface area contributed by atoms with Crippen LogP contribution in [-0.2, 0) is 4.79 Å². The number of nitrogens with one attached hydrogen (secondary N) is 1. The topological polar surface area (TPSA) is 29.1 Å². The molecule has 0 aromatic heterocycles. The fourth-order valence-electron chi connectivity index (χ4n) is 1.69. The first-order valence-electron chi connectivity index (χ1n) is 5.60. The summed E-state index contributed by atoms with van der Waals surface area (Å²) in [5.41, 5.74) is 1.24. The quantitative estimate of drug-likeness (QED) is 0.800. The van der Waals surface area contributed by atoms with E-state index in [0.29, 0.717) is 18.4 Å². The fraction of sp³-hybridized carbons (Fsp3) is 0.462. The van der Waals surface area contributed by atoms with Gasteiger partial charge in [-0.25, -0.2) is 0 Å². The van der Waals surface area contributed by atoms with Gasteiger partial charge in [-0.15, -0.1) is 0 Å². The third-order valence-electron chi connectivity index (χ3n) is 2.80. The van der Waals surface area contributed by atoms with E-state index in [2.05, 4.69) is 24.4 Å². The molecule has 0 spiro atoms. The first-order chi connectivity index (χ1) is 7.25. The third kappa shape index (κ3) is 3.08. The van der Waals surface area contributed by atoms with Gasteiger partial charge in [-0.3, -0.25) is 4.79 Å². The molecule has 80 valence electrons. The van der Waals surface area contributed by atoms with Gasteiger partial charge in [0.05, 0.1) is 0 Å². The molecule has 0 heterocycles. The van der Waals surface area contributed by atoms with E-state index in [1.807, 2.05) is 18.2 Å². The molecule has 2 heteroatoms. The van der Waals surface area contributed by atoms with Crippen LogP contribution in [-0.4, -0.2) is 11.9 Å². The van der Waals surface area contributed by atoms with E-state index >= 15 is 0 Å². The number of carbonyl (C=O) groups is 1. The first-order valence-corrected chi connectivity index (χ1v) is 5.60. The molecule has 15 heavy (non-hydrogen) atoms. The van der Waals surface area contributed by atoms with Gasteiger partial charge in [0.2, 0.25) is 5.91 Å². The Hall–Kier alpha value is -1.31. The standard InChI is InChI=1S/C13H17NO/c1-10(11-5-3-2-4-6-11)9-13(15)14-12-7-8-12/h2-6,10,12H,7-9H2,1H3,(H,14,15)/t10-/m0/s1. The molecule has 1 saturated carbocycles. The molecule has 1 aliphatic rings. The maximum atomic E-state index is 11.6. The van der Waals surface area contributed by atoms with Crippen LogP contribution >= 0.6 is 0 Å². The number of amides is 1. The van der Waals surface area contributed by atoms with Gasteiger partial charge in [0.25, 0.3) is 0 Å². The molecule has 1 fully saturated rings. The van der Waals surface area contributed by atoms with Crippen LogP contribution in [0.1, 0.15) is 37.7 Å². The van der Waals surface area contributed by atoms with Crippen LogP contribution in [0, 0.1) is 0 Å². The highest BCUT2D eigenvalue weighted by atomic mass is 16.1. The Balaban J connectivity index is 1.85. The second kappa shape index (κ2) is 4.47.